The lowest BCUT2D eigenvalue weighted by atomic mass is 9.93. The third-order valence-corrected chi connectivity index (χ3v) is 4.10. The van der Waals surface area contributed by atoms with Gasteiger partial charge in [-0.1, -0.05) is 52.0 Å². The zero-order chi connectivity index (χ0) is 18.4. The molecule has 1 aromatic carbocycles. The first-order valence-electron chi connectivity index (χ1n) is 8.58. The molecular formula is C20H26N2O3. The smallest absolute Gasteiger partial charge is 0.355 e. The third-order valence-electron chi connectivity index (χ3n) is 4.10. The molecule has 0 fully saturated rings. The molecule has 5 nitrogen and oxygen atoms in total. The number of hydrogen-bond donors (Lipinski definition) is 2. The highest BCUT2D eigenvalue weighted by Gasteiger charge is 2.19. The number of aromatic nitrogens is 1. The molecule has 0 aliphatic heterocycles. The number of aromatic amines is 1. The first kappa shape index (κ1) is 18.8. The van der Waals surface area contributed by atoms with Crippen LogP contribution in [0.1, 0.15) is 61.3 Å². The molecule has 2 aromatic rings. The van der Waals surface area contributed by atoms with Crippen molar-refractivity contribution in [3.05, 3.63) is 59.4 Å². The number of benzene rings is 1. The standard InChI is InChI=1S/C20H26N2O3/c1-13(2)15-7-9-16(10-8-15)19(14(3)4)22-18(23)12-25-20(24)17-6-5-11-21-17/h5-11,13-14,19,21H,12H2,1-4H3,(H,22,23)/t19-/m1/s1. The van der Waals surface area contributed by atoms with Gasteiger partial charge in [-0.2, -0.15) is 0 Å². The van der Waals surface area contributed by atoms with Crippen LogP contribution >= 0.6 is 0 Å². The molecule has 0 saturated carbocycles. The van der Waals surface area contributed by atoms with Crippen molar-refractivity contribution in [3.63, 3.8) is 0 Å². The second kappa shape index (κ2) is 8.51. The van der Waals surface area contributed by atoms with Crippen LogP contribution in [0.2, 0.25) is 0 Å². The van der Waals surface area contributed by atoms with E-state index in [4.69, 9.17) is 4.74 Å². The highest BCUT2D eigenvalue weighted by atomic mass is 16.5. The Balaban J connectivity index is 1.96. The number of H-pyrrole nitrogens is 1. The van der Waals surface area contributed by atoms with Crippen molar-refractivity contribution in [1.29, 1.82) is 0 Å². The molecule has 0 saturated heterocycles. The van der Waals surface area contributed by atoms with Crippen molar-refractivity contribution in [2.75, 3.05) is 6.61 Å². The van der Waals surface area contributed by atoms with Gasteiger partial charge in [-0.25, -0.2) is 4.79 Å². The van der Waals surface area contributed by atoms with E-state index in [0.717, 1.165) is 5.56 Å². The number of carbonyl (C=O) groups is 2. The SMILES string of the molecule is CC(C)c1ccc([C@H](NC(=O)COC(=O)c2ccc[nH]2)C(C)C)cc1. The molecular weight excluding hydrogens is 316 g/mol. The van der Waals surface area contributed by atoms with Gasteiger partial charge in [0.15, 0.2) is 6.61 Å². The summed E-state index contributed by atoms with van der Waals surface area (Å²) in [6.07, 6.45) is 1.63. The van der Waals surface area contributed by atoms with Crippen molar-refractivity contribution in [3.8, 4) is 0 Å². The van der Waals surface area contributed by atoms with Gasteiger partial charge in [0.1, 0.15) is 5.69 Å². The Labute approximate surface area is 148 Å². The van der Waals surface area contributed by atoms with E-state index in [0.29, 0.717) is 11.6 Å². The Morgan fingerprint density at radius 3 is 2.20 bits per heavy atom. The molecule has 2 N–H and O–H groups in total. The third kappa shape index (κ3) is 5.21. The van der Waals surface area contributed by atoms with E-state index < -0.39 is 5.97 Å². The lowest BCUT2D eigenvalue weighted by molar-refractivity contribution is -0.125. The molecule has 0 aliphatic rings. The van der Waals surface area contributed by atoms with E-state index in [1.807, 2.05) is 26.0 Å². The largest absolute Gasteiger partial charge is 0.451 e. The molecule has 0 bridgehead atoms. The van der Waals surface area contributed by atoms with Crippen LogP contribution < -0.4 is 5.32 Å². The Kier molecular flexibility index (Phi) is 6.39. The van der Waals surface area contributed by atoms with Gasteiger partial charge in [-0.15, -0.1) is 0 Å². The number of esters is 1. The van der Waals surface area contributed by atoms with Crippen LogP contribution in [0.5, 0.6) is 0 Å². The minimum absolute atomic E-state index is 0.127. The second-order valence-corrected chi connectivity index (χ2v) is 6.77. The summed E-state index contributed by atoms with van der Waals surface area (Å²) < 4.78 is 5.03. The number of hydrogen-bond acceptors (Lipinski definition) is 3. The number of nitrogens with one attached hydrogen (secondary N) is 2. The number of rotatable bonds is 7. The summed E-state index contributed by atoms with van der Waals surface area (Å²) in [6, 6.07) is 11.5. The summed E-state index contributed by atoms with van der Waals surface area (Å²) >= 11 is 0. The Morgan fingerprint density at radius 1 is 1.04 bits per heavy atom. The average molecular weight is 342 g/mol. The summed E-state index contributed by atoms with van der Waals surface area (Å²) in [4.78, 5) is 26.7. The van der Waals surface area contributed by atoms with Crippen LogP contribution in [-0.2, 0) is 9.53 Å². The van der Waals surface area contributed by atoms with Crippen molar-refractivity contribution >= 4 is 11.9 Å². The van der Waals surface area contributed by atoms with Crippen molar-refractivity contribution in [1.82, 2.24) is 10.3 Å². The molecule has 5 heteroatoms. The molecule has 1 heterocycles. The van der Waals surface area contributed by atoms with Crippen molar-refractivity contribution in [2.24, 2.45) is 5.92 Å². The Hall–Kier alpha value is -2.56. The maximum Gasteiger partial charge on any atom is 0.355 e. The molecule has 0 radical (unpaired) electrons. The number of carbonyl (C=O) groups excluding carboxylic acids is 2. The van der Waals surface area contributed by atoms with Gasteiger partial charge >= 0.3 is 5.97 Å². The molecule has 0 aliphatic carbocycles. The monoisotopic (exact) mass is 342 g/mol. The van der Waals surface area contributed by atoms with E-state index in [-0.39, 0.29) is 24.5 Å². The first-order chi connectivity index (χ1) is 11.9. The van der Waals surface area contributed by atoms with Crippen molar-refractivity contribution < 1.29 is 14.3 Å². The highest BCUT2D eigenvalue weighted by Crippen LogP contribution is 2.24. The summed E-state index contributed by atoms with van der Waals surface area (Å²) in [6.45, 7) is 8.09. The van der Waals surface area contributed by atoms with Gasteiger partial charge < -0.3 is 15.0 Å². The first-order valence-corrected chi connectivity index (χ1v) is 8.58. The second-order valence-electron chi connectivity index (χ2n) is 6.77. The molecule has 1 aromatic heterocycles. The van der Waals surface area contributed by atoms with Crippen LogP contribution in [-0.4, -0.2) is 23.5 Å². The fraction of sp³-hybridized carbons (Fsp3) is 0.400. The minimum atomic E-state index is -0.539. The Bertz CT molecular complexity index is 688. The van der Waals surface area contributed by atoms with Crippen LogP contribution in [0.4, 0.5) is 0 Å². The van der Waals surface area contributed by atoms with Crippen LogP contribution in [0.15, 0.2) is 42.6 Å². The van der Waals surface area contributed by atoms with Gasteiger partial charge in [0.2, 0.25) is 0 Å². The molecule has 0 unspecified atom stereocenters. The zero-order valence-electron chi connectivity index (χ0n) is 15.2. The molecule has 2 rings (SSSR count). The van der Waals surface area contributed by atoms with E-state index >= 15 is 0 Å². The zero-order valence-corrected chi connectivity index (χ0v) is 15.2. The van der Waals surface area contributed by atoms with E-state index in [2.05, 4.69) is 36.3 Å². The molecule has 0 spiro atoms. The molecule has 25 heavy (non-hydrogen) atoms. The average Bonchev–Trinajstić information content (AvgIpc) is 3.12. The van der Waals surface area contributed by atoms with E-state index in [1.165, 1.54) is 5.56 Å². The summed E-state index contributed by atoms with van der Waals surface area (Å²) in [5.74, 6) is -0.171. The fourth-order valence-corrected chi connectivity index (χ4v) is 2.60. The summed E-state index contributed by atoms with van der Waals surface area (Å²) in [5.41, 5.74) is 2.64. The van der Waals surface area contributed by atoms with Crippen molar-refractivity contribution in [2.45, 2.75) is 39.7 Å². The predicted molar refractivity (Wildman–Crippen MR) is 97.3 cm³/mol. The summed E-state index contributed by atoms with van der Waals surface area (Å²) in [5, 5.41) is 2.96. The van der Waals surface area contributed by atoms with Gasteiger partial charge in [-0.3, -0.25) is 4.79 Å². The van der Waals surface area contributed by atoms with E-state index in [1.54, 1.807) is 18.3 Å². The molecule has 1 amide bonds. The van der Waals surface area contributed by atoms with E-state index in [9.17, 15) is 9.59 Å². The molecule has 134 valence electrons. The predicted octanol–water partition coefficient (Wildman–Crippen LogP) is 3.81. The normalized spacial score (nSPS) is 12.2. The van der Waals surface area contributed by atoms with Crippen LogP contribution in [0, 0.1) is 5.92 Å². The minimum Gasteiger partial charge on any atom is -0.451 e. The van der Waals surface area contributed by atoms with Gasteiger partial charge in [-0.05, 0) is 35.1 Å². The summed E-state index contributed by atoms with van der Waals surface area (Å²) in [7, 11) is 0. The lowest BCUT2D eigenvalue weighted by Gasteiger charge is -2.23. The maximum atomic E-state index is 12.2. The van der Waals surface area contributed by atoms with Crippen LogP contribution in [0.25, 0.3) is 0 Å². The number of amides is 1. The lowest BCUT2D eigenvalue weighted by Crippen LogP contribution is -2.35. The molecule has 1 atom stereocenters. The Morgan fingerprint density at radius 2 is 1.68 bits per heavy atom. The topological polar surface area (TPSA) is 71.2 Å². The van der Waals surface area contributed by atoms with Crippen LogP contribution in [0.3, 0.4) is 0 Å². The van der Waals surface area contributed by atoms with Gasteiger partial charge in [0.05, 0.1) is 6.04 Å². The quantitative estimate of drug-likeness (QED) is 0.752. The fourth-order valence-electron chi connectivity index (χ4n) is 2.60. The van der Waals surface area contributed by atoms with Gasteiger partial charge in [0, 0.05) is 6.20 Å². The number of ether oxygens (including phenoxy) is 1. The highest BCUT2D eigenvalue weighted by molar-refractivity contribution is 5.89. The maximum absolute atomic E-state index is 12.2. The van der Waals surface area contributed by atoms with Gasteiger partial charge in [0.25, 0.3) is 5.91 Å².